The van der Waals surface area contributed by atoms with Crippen LogP contribution in [0.2, 0.25) is 0 Å². The zero-order valence-corrected chi connectivity index (χ0v) is 15.8. The topological polar surface area (TPSA) is 38.0 Å². The zero-order chi connectivity index (χ0) is 11.4. The Kier molecular flexibility index (Phi) is 9.41. The van der Waals surface area contributed by atoms with E-state index in [2.05, 4.69) is 5.32 Å². The minimum Gasteiger partial charge on any atom is -0.397 e. The Morgan fingerprint density at radius 2 is 1.56 bits per heavy atom. The number of benzene rings is 2. The van der Waals surface area contributed by atoms with Crippen LogP contribution >= 0.6 is 0 Å². The van der Waals surface area contributed by atoms with E-state index in [0.717, 1.165) is 23.4 Å². The van der Waals surface area contributed by atoms with Crippen LogP contribution in [0.15, 0.2) is 48.5 Å². The van der Waals surface area contributed by atoms with Gasteiger partial charge in [0.2, 0.25) is 0 Å². The molecular weight excluding hydrogens is 373 g/mol. The minimum atomic E-state index is 0. The maximum Gasteiger partial charge on any atom is 0.113 e. The molecule has 84 valence electrons. The third-order valence-corrected chi connectivity index (χ3v) is 2.42. The molecule has 4 radical (unpaired) electrons. The average Bonchev–Trinajstić information content (AvgIpc) is 2.30. The zero-order valence-electron chi connectivity index (χ0n) is 10.1. The molecule has 0 aliphatic heterocycles. The number of anilines is 2. The van der Waals surface area contributed by atoms with E-state index in [1.807, 2.05) is 48.5 Å². The molecule has 0 saturated heterocycles. The molecule has 0 amide bonds. The van der Waals surface area contributed by atoms with Gasteiger partial charge in [-0.05, 0) is 17.7 Å². The summed E-state index contributed by atoms with van der Waals surface area (Å²) in [7, 11) is 5.62. The van der Waals surface area contributed by atoms with Crippen LogP contribution < -0.4 is 16.5 Å². The number of para-hydroxylation sites is 2. The van der Waals surface area contributed by atoms with E-state index in [9.17, 15) is 0 Å². The van der Waals surface area contributed by atoms with Gasteiger partial charge in [-0.3, -0.25) is 0 Å². The Labute approximate surface area is 160 Å². The van der Waals surface area contributed by atoms with Crippen LogP contribution in [-0.2, 0) is 72.0 Å². The molecule has 0 saturated carbocycles. The van der Waals surface area contributed by atoms with Gasteiger partial charge in [0.1, 0.15) is 7.85 Å². The molecule has 0 spiro atoms. The Bertz CT molecular complexity index is 475. The van der Waals surface area contributed by atoms with Crippen LogP contribution in [-0.4, -0.2) is 7.85 Å². The first-order valence-corrected chi connectivity index (χ1v) is 5.18. The van der Waals surface area contributed by atoms with Crippen LogP contribution in [0.5, 0.6) is 0 Å². The standard InChI is InChI=1S/C13H13BN2.2Y/c14-11-7-5-10(6-8-11)9-16-13-4-2-1-3-12(13)15;;/h1-8,16H,9,15H2;;. The van der Waals surface area contributed by atoms with Crippen LogP contribution in [0.1, 0.15) is 5.56 Å². The quantitative estimate of drug-likeness (QED) is 0.623. The molecule has 2 nitrogen and oxygen atoms in total. The summed E-state index contributed by atoms with van der Waals surface area (Å²) in [6.45, 7) is 0.745. The van der Waals surface area contributed by atoms with Crippen molar-refractivity contribution in [3.63, 3.8) is 0 Å². The maximum absolute atomic E-state index is 5.83. The Morgan fingerprint density at radius 1 is 0.944 bits per heavy atom. The minimum absolute atomic E-state index is 0. The Hall–Kier alpha value is 0.313. The summed E-state index contributed by atoms with van der Waals surface area (Å²) in [5.74, 6) is 0. The van der Waals surface area contributed by atoms with Crippen molar-refractivity contribution in [1.29, 1.82) is 0 Å². The van der Waals surface area contributed by atoms with E-state index in [1.54, 1.807) is 0 Å². The van der Waals surface area contributed by atoms with E-state index < -0.39 is 0 Å². The molecule has 0 unspecified atom stereocenters. The molecule has 0 aliphatic rings. The Morgan fingerprint density at radius 3 is 2.17 bits per heavy atom. The summed E-state index contributed by atoms with van der Waals surface area (Å²) in [5, 5.41) is 3.28. The number of rotatable bonds is 3. The van der Waals surface area contributed by atoms with E-state index in [4.69, 9.17) is 13.6 Å². The molecule has 2 aromatic carbocycles. The molecule has 0 aromatic heterocycles. The van der Waals surface area contributed by atoms with E-state index in [0.29, 0.717) is 0 Å². The summed E-state index contributed by atoms with van der Waals surface area (Å²) in [6, 6.07) is 15.5. The smallest absolute Gasteiger partial charge is 0.113 e. The summed E-state index contributed by atoms with van der Waals surface area (Å²) >= 11 is 0. The van der Waals surface area contributed by atoms with Crippen LogP contribution in [0, 0.1) is 0 Å². The number of nitrogen functional groups attached to an aromatic ring is 1. The fourth-order valence-corrected chi connectivity index (χ4v) is 1.49. The summed E-state index contributed by atoms with van der Waals surface area (Å²) in [4.78, 5) is 0. The predicted molar refractivity (Wildman–Crippen MR) is 70.0 cm³/mol. The van der Waals surface area contributed by atoms with Gasteiger partial charge in [0.15, 0.2) is 0 Å². The van der Waals surface area contributed by atoms with Crippen molar-refractivity contribution in [2.45, 2.75) is 6.54 Å². The third-order valence-electron chi connectivity index (χ3n) is 2.42. The summed E-state index contributed by atoms with van der Waals surface area (Å²) in [6.07, 6.45) is 0. The molecule has 0 heterocycles. The van der Waals surface area contributed by atoms with Crippen molar-refractivity contribution < 1.29 is 65.4 Å². The molecular formula is C13H13BN2Y2. The number of hydrogen-bond donors (Lipinski definition) is 2. The second-order valence-corrected chi connectivity index (χ2v) is 3.68. The second-order valence-electron chi connectivity index (χ2n) is 3.68. The fourth-order valence-electron chi connectivity index (χ4n) is 1.49. The number of nitrogens with one attached hydrogen (secondary N) is 1. The first kappa shape index (κ1) is 18.3. The molecule has 3 N–H and O–H groups in total. The number of hydrogen-bond acceptors (Lipinski definition) is 2. The molecule has 0 bridgehead atoms. The van der Waals surface area contributed by atoms with Gasteiger partial charge in [-0.2, -0.15) is 0 Å². The van der Waals surface area contributed by atoms with Gasteiger partial charge >= 0.3 is 0 Å². The van der Waals surface area contributed by atoms with Crippen molar-refractivity contribution in [3.05, 3.63) is 54.1 Å². The van der Waals surface area contributed by atoms with Gasteiger partial charge in [-0.1, -0.05) is 41.9 Å². The van der Waals surface area contributed by atoms with Gasteiger partial charge in [-0.15, -0.1) is 0 Å². The van der Waals surface area contributed by atoms with Crippen molar-refractivity contribution in [3.8, 4) is 0 Å². The van der Waals surface area contributed by atoms with Gasteiger partial charge in [0, 0.05) is 72.0 Å². The normalized spacial score (nSPS) is 8.89. The second kappa shape index (κ2) is 9.25. The molecule has 0 aliphatic carbocycles. The SMILES string of the molecule is [B]c1ccc(CNc2ccccc2N)cc1.[Y].[Y]. The van der Waals surface area contributed by atoms with Crippen LogP contribution in [0.4, 0.5) is 11.4 Å². The molecule has 0 fully saturated rings. The average molecular weight is 386 g/mol. The summed E-state index contributed by atoms with van der Waals surface area (Å²) in [5.41, 5.74) is 9.50. The van der Waals surface area contributed by atoms with Crippen molar-refractivity contribution >= 4 is 24.7 Å². The van der Waals surface area contributed by atoms with Crippen molar-refractivity contribution in [1.82, 2.24) is 0 Å². The van der Waals surface area contributed by atoms with Crippen molar-refractivity contribution in [2.75, 3.05) is 11.1 Å². The molecule has 2 aromatic rings. The van der Waals surface area contributed by atoms with E-state index >= 15 is 0 Å². The van der Waals surface area contributed by atoms with Gasteiger partial charge < -0.3 is 11.1 Å². The monoisotopic (exact) mass is 386 g/mol. The van der Waals surface area contributed by atoms with Crippen LogP contribution in [0.3, 0.4) is 0 Å². The van der Waals surface area contributed by atoms with Crippen LogP contribution in [0.25, 0.3) is 0 Å². The van der Waals surface area contributed by atoms with Gasteiger partial charge in [0.25, 0.3) is 0 Å². The summed E-state index contributed by atoms with van der Waals surface area (Å²) < 4.78 is 0. The van der Waals surface area contributed by atoms with E-state index in [-0.39, 0.29) is 65.4 Å². The van der Waals surface area contributed by atoms with Gasteiger partial charge in [-0.25, -0.2) is 0 Å². The molecule has 0 atom stereocenters. The first-order chi connectivity index (χ1) is 7.75. The fraction of sp³-hybridized carbons (Fsp3) is 0.0769. The largest absolute Gasteiger partial charge is 0.397 e. The van der Waals surface area contributed by atoms with Crippen molar-refractivity contribution in [2.24, 2.45) is 0 Å². The third kappa shape index (κ3) is 5.52. The predicted octanol–water partition coefficient (Wildman–Crippen LogP) is 1.67. The maximum atomic E-state index is 5.83. The molecule has 2 rings (SSSR count). The molecule has 18 heavy (non-hydrogen) atoms. The Balaban J connectivity index is 0.00000144. The van der Waals surface area contributed by atoms with Gasteiger partial charge in [0.05, 0.1) is 11.4 Å². The van der Waals surface area contributed by atoms with E-state index in [1.165, 1.54) is 5.56 Å². The molecule has 5 heteroatoms. The number of nitrogens with two attached hydrogens (primary N) is 1. The first-order valence-electron chi connectivity index (χ1n) is 5.18.